The van der Waals surface area contributed by atoms with Gasteiger partial charge in [-0.15, -0.1) is 0 Å². The number of benzene rings is 1. The number of carbonyl (C=O) groups excluding carboxylic acids is 4. The molecule has 8 heteroatoms. The van der Waals surface area contributed by atoms with Gasteiger partial charge >= 0.3 is 5.97 Å². The molecular weight excluding hydrogens is 408 g/mol. The van der Waals surface area contributed by atoms with Crippen molar-refractivity contribution in [1.82, 2.24) is 4.90 Å². The van der Waals surface area contributed by atoms with Crippen LogP contribution in [0.25, 0.3) is 0 Å². The number of amides is 3. The summed E-state index contributed by atoms with van der Waals surface area (Å²) in [6.45, 7) is 2.99. The lowest BCUT2D eigenvalue weighted by Crippen LogP contribution is -2.50. The highest BCUT2D eigenvalue weighted by atomic mass is 35.5. The first-order valence-corrected chi connectivity index (χ1v) is 10.4. The Morgan fingerprint density at radius 1 is 1.10 bits per heavy atom. The maximum absolute atomic E-state index is 13.0. The molecule has 30 heavy (non-hydrogen) atoms. The van der Waals surface area contributed by atoms with Crippen LogP contribution in [0.5, 0.6) is 0 Å². The number of anilines is 1. The van der Waals surface area contributed by atoms with Gasteiger partial charge in [0.15, 0.2) is 6.61 Å². The van der Waals surface area contributed by atoms with Gasteiger partial charge in [-0.3, -0.25) is 19.3 Å². The van der Waals surface area contributed by atoms with E-state index in [0.717, 1.165) is 11.3 Å². The second kappa shape index (κ2) is 7.87. The number of nitrogens with one attached hydrogen (secondary N) is 1. The number of esters is 1. The van der Waals surface area contributed by atoms with E-state index in [1.807, 2.05) is 12.2 Å². The second-order valence-corrected chi connectivity index (χ2v) is 8.83. The molecule has 1 aromatic rings. The molecule has 2 bridgehead atoms. The summed E-state index contributed by atoms with van der Waals surface area (Å²) in [6.07, 6.45) is 4.83. The summed E-state index contributed by atoms with van der Waals surface area (Å²) in [5.74, 6) is -2.85. The Morgan fingerprint density at radius 3 is 2.20 bits per heavy atom. The minimum atomic E-state index is -1.04. The highest BCUT2D eigenvalue weighted by molar-refractivity contribution is 6.30. The first kappa shape index (κ1) is 20.6. The molecular formula is C22H23ClN2O5. The number of hydrogen-bond donors (Lipinski definition) is 1. The van der Waals surface area contributed by atoms with Crippen molar-refractivity contribution in [1.29, 1.82) is 0 Å². The molecule has 0 aromatic heterocycles. The molecule has 1 heterocycles. The van der Waals surface area contributed by atoms with Crippen LogP contribution in [0.1, 0.15) is 20.3 Å². The molecule has 1 aromatic carbocycles. The van der Waals surface area contributed by atoms with Crippen LogP contribution < -0.4 is 5.32 Å². The Bertz CT molecular complexity index is 896. The van der Waals surface area contributed by atoms with E-state index in [4.69, 9.17) is 16.3 Å². The maximum Gasteiger partial charge on any atom is 0.330 e. The predicted molar refractivity (Wildman–Crippen MR) is 109 cm³/mol. The standard InChI is InChI=1S/C22H23ClN2O5/c1-11(2)19(22(29)30-10-16(26)24-15-7-5-14(23)6-8-15)25-20(27)17-12-3-4-13(9-12)18(17)21(25)28/h3-8,11-13,17-19H,9-10H2,1-2H3,(H,24,26)/t12-,13-,17-,18+,19+/m0/s1. The number of carbonyl (C=O) groups is 4. The van der Waals surface area contributed by atoms with Gasteiger partial charge in [0.2, 0.25) is 11.8 Å². The third kappa shape index (κ3) is 3.51. The number of hydrogen-bond acceptors (Lipinski definition) is 5. The first-order chi connectivity index (χ1) is 14.3. The number of ether oxygens (including phenoxy) is 1. The normalized spacial score (nSPS) is 27.5. The summed E-state index contributed by atoms with van der Waals surface area (Å²) in [4.78, 5) is 52.0. The van der Waals surface area contributed by atoms with Crippen molar-refractivity contribution in [3.05, 3.63) is 41.4 Å². The summed E-state index contributed by atoms with van der Waals surface area (Å²) < 4.78 is 5.18. The van der Waals surface area contributed by atoms with Gasteiger partial charge in [0.1, 0.15) is 6.04 Å². The zero-order valence-corrected chi connectivity index (χ0v) is 17.5. The van der Waals surface area contributed by atoms with Crippen LogP contribution in [0.4, 0.5) is 5.69 Å². The third-order valence-corrected chi connectivity index (χ3v) is 6.38. The van der Waals surface area contributed by atoms with Gasteiger partial charge in [-0.1, -0.05) is 37.6 Å². The molecule has 0 radical (unpaired) electrons. The number of imide groups is 1. The Hall–Kier alpha value is -2.67. The van der Waals surface area contributed by atoms with Gasteiger partial charge in [-0.05, 0) is 48.4 Å². The minimum absolute atomic E-state index is 0.0652. The van der Waals surface area contributed by atoms with Crippen molar-refractivity contribution in [3.63, 3.8) is 0 Å². The summed E-state index contributed by atoms with van der Waals surface area (Å²) >= 11 is 5.81. The molecule has 158 valence electrons. The first-order valence-electron chi connectivity index (χ1n) is 10.0. The van der Waals surface area contributed by atoms with Gasteiger partial charge in [0.05, 0.1) is 11.8 Å². The summed E-state index contributed by atoms with van der Waals surface area (Å²) in [5, 5.41) is 3.14. The Morgan fingerprint density at radius 2 is 1.67 bits per heavy atom. The van der Waals surface area contributed by atoms with Crippen LogP contribution in [-0.2, 0) is 23.9 Å². The number of rotatable bonds is 6. The maximum atomic E-state index is 13.0. The van der Waals surface area contributed by atoms with Crippen molar-refractivity contribution >= 4 is 41.0 Å². The van der Waals surface area contributed by atoms with Gasteiger partial charge in [-0.25, -0.2) is 4.79 Å². The molecule has 3 amide bonds. The number of nitrogens with zero attached hydrogens (tertiary/aromatic N) is 1. The lowest BCUT2D eigenvalue weighted by molar-refractivity contribution is -0.162. The largest absolute Gasteiger partial charge is 0.454 e. The van der Waals surface area contributed by atoms with Crippen LogP contribution in [-0.4, -0.2) is 41.2 Å². The van der Waals surface area contributed by atoms with E-state index < -0.39 is 24.5 Å². The highest BCUT2D eigenvalue weighted by Crippen LogP contribution is 2.53. The SMILES string of the molecule is CC(C)[C@H](C(=O)OCC(=O)Nc1ccc(Cl)cc1)N1C(=O)[C@@H]2[C@H](C1=O)[C@H]1C=C[C@H]2C1. The monoisotopic (exact) mass is 430 g/mol. The average Bonchev–Trinajstić information content (AvgIpc) is 3.38. The molecule has 1 saturated heterocycles. The summed E-state index contributed by atoms with van der Waals surface area (Å²) in [7, 11) is 0. The number of fused-ring (bicyclic) bond motifs is 5. The van der Waals surface area contributed by atoms with E-state index in [2.05, 4.69) is 5.32 Å². The van der Waals surface area contributed by atoms with E-state index >= 15 is 0 Å². The predicted octanol–water partition coefficient (Wildman–Crippen LogP) is 2.65. The molecule has 1 aliphatic heterocycles. The summed E-state index contributed by atoms with van der Waals surface area (Å²) in [5.41, 5.74) is 0.515. The molecule has 1 saturated carbocycles. The fourth-order valence-corrected chi connectivity index (χ4v) is 4.95. The van der Waals surface area contributed by atoms with E-state index in [0.29, 0.717) is 10.7 Å². The fourth-order valence-electron chi connectivity index (χ4n) is 4.83. The lowest BCUT2D eigenvalue weighted by Gasteiger charge is -2.28. The molecule has 7 nitrogen and oxygen atoms in total. The van der Waals surface area contributed by atoms with Gasteiger partial charge in [0.25, 0.3) is 5.91 Å². The quantitative estimate of drug-likeness (QED) is 0.425. The molecule has 0 spiro atoms. The average molecular weight is 431 g/mol. The smallest absolute Gasteiger partial charge is 0.330 e. The third-order valence-electron chi connectivity index (χ3n) is 6.13. The van der Waals surface area contributed by atoms with Crippen LogP contribution in [0, 0.1) is 29.6 Å². The van der Waals surface area contributed by atoms with Crippen LogP contribution in [0.2, 0.25) is 5.02 Å². The molecule has 2 fully saturated rings. The number of halogens is 1. The molecule has 1 N–H and O–H groups in total. The molecule has 0 unspecified atom stereocenters. The highest BCUT2D eigenvalue weighted by Gasteiger charge is 2.61. The Kier molecular flexibility index (Phi) is 5.40. The van der Waals surface area contributed by atoms with E-state index in [1.165, 1.54) is 0 Å². The van der Waals surface area contributed by atoms with Crippen molar-refractivity contribution in [3.8, 4) is 0 Å². The van der Waals surface area contributed by atoms with Gasteiger partial charge < -0.3 is 10.1 Å². The fraction of sp³-hybridized carbons (Fsp3) is 0.455. The van der Waals surface area contributed by atoms with Crippen molar-refractivity contribution < 1.29 is 23.9 Å². The Balaban J connectivity index is 1.41. The second-order valence-electron chi connectivity index (χ2n) is 8.40. The van der Waals surface area contributed by atoms with Crippen LogP contribution >= 0.6 is 11.6 Å². The number of likely N-dealkylation sites (tertiary alicyclic amines) is 1. The van der Waals surface area contributed by atoms with Crippen LogP contribution in [0.3, 0.4) is 0 Å². The van der Waals surface area contributed by atoms with Gasteiger partial charge in [0, 0.05) is 10.7 Å². The van der Waals surface area contributed by atoms with E-state index in [-0.39, 0.29) is 41.4 Å². The van der Waals surface area contributed by atoms with Crippen molar-refractivity contribution in [2.45, 2.75) is 26.3 Å². The zero-order valence-electron chi connectivity index (χ0n) is 16.7. The lowest BCUT2D eigenvalue weighted by atomic mass is 9.85. The minimum Gasteiger partial charge on any atom is -0.454 e. The van der Waals surface area contributed by atoms with Crippen molar-refractivity contribution in [2.24, 2.45) is 29.6 Å². The molecule has 2 aliphatic carbocycles. The summed E-state index contributed by atoms with van der Waals surface area (Å²) in [6, 6.07) is 5.46. The topological polar surface area (TPSA) is 92.8 Å². The van der Waals surface area contributed by atoms with Crippen LogP contribution in [0.15, 0.2) is 36.4 Å². The zero-order chi connectivity index (χ0) is 21.6. The number of allylic oxidation sites excluding steroid dienone is 2. The van der Waals surface area contributed by atoms with E-state index in [9.17, 15) is 19.2 Å². The van der Waals surface area contributed by atoms with Crippen molar-refractivity contribution in [2.75, 3.05) is 11.9 Å². The Labute approximate surface area is 179 Å². The van der Waals surface area contributed by atoms with Gasteiger partial charge in [-0.2, -0.15) is 0 Å². The molecule has 5 atom stereocenters. The molecule has 3 aliphatic rings. The van der Waals surface area contributed by atoms with E-state index in [1.54, 1.807) is 38.1 Å². The molecule has 4 rings (SSSR count).